The second-order valence-corrected chi connectivity index (χ2v) is 7.38. The zero-order chi connectivity index (χ0) is 13.0. The van der Waals surface area contributed by atoms with Gasteiger partial charge in [0.1, 0.15) is 0 Å². The fourth-order valence-corrected chi connectivity index (χ4v) is 4.59. The highest BCUT2D eigenvalue weighted by molar-refractivity contribution is 5.85. The predicted molar refractivity (Wildman–Crippen MR) is 88.7 cm³/mol. The van der Waals surface area contributed by atoms with E-state index in [0.29, 0.717) is 0 Å². The van der Waals surface area contributed by atoms with Crippen molar-refractivity contribution in [1.29, 1.82) is 0 Å². The molecule has 3 rings (SSSR count). The van der Waals surface area contributed by atoms with Gasteiger partial charge in [0.15, 0.2) is 0 Å². The van der Waals surface area contributed by atoms with E-state index in [1.54, 1.807) is 0 Å². The lowest BCUT2D eigenvalue weighted by molar-refractivity contribution is 0.0641. The third-order valence-corrected chi connectivity index (χ3v) is 6.14. The Morgan fingerprint density at radius 1 is 0.900 bits per heavy atom. The van der Waals surface area contributed by atoms with Gasteiger partial charge in [-0.2, -0.15) is 0 Å². The van der Waals surface area contributed by atoms with Crippen LogP contribution in [0.3, 0.4) is 0 Å². The molecule has 1 aliphatic carbocycles. The van der Waals surface area contributed by atoms with Crippen LogP contribution in [0.2, 0.25) is 0 Å². The second kappa shape index (κ2) is 8.00. The number of hydrogen-bond donors (Lipinski definition) is 1. The van der Waals surface area contributed by atoms with E-state index in [0.717, 1.165) is 11.3 Å². The van der Waals surface area contributed by atoms with Crippen LogP contribution in [0.25, 0.3) is 0 Å². The Labute approximate surface area is 131 Å². The minimum Gasteiger partial charge on any atom is -0.317 e. The molecule has 1 spiro atoms. The molecule has 2 nitrogen and oxygen atoms in total. The Bertz CT molecular complexity index is 257. The highest BCUT2D eigenvalue weighted by atomic mass is 35.5. The molecule has 2 saturated heterocycles. The van der Waals surface area contributed by atoms with Crippen LogP contribution in [0.1, 0.15) is 64.2 Å². The summed E-state index contributed by atoms with van der Waals surface area (Å²) in [5, 5.41) is 3.48. The summed E-state index contributed by atoms with van der Waals surface area (Å²) in [5.74, 6) is 1.01. The summed E-state index contributed by atoms with van der Waals surface area (Å²) >= 11 is 0. The van der Waals surface area contributed by atoms with Crippen molar-refractivity contribution in [3.05, 3.63) is 0 Å². The summed E-state index contributed by atoms with van der Waals surface area (Å²) < 4.78 is 0. The lowest BCUT2D eigenvalue weighted by atomic mass is 9.68. The van der Waals surface area contributed by atoms with Crippen LogP contribution in [0.4, 0.5) is 0 Å². The van der Waals surface area contributed by atoms with Crippen LogP contribution >= 0.6 is 12.4 Å². The Kier molecular flexibility index (Phi) is 6.64. The van der Waals surface area contributed by atoms with Gasteiger partial charge in [0.05, 0.1) is 0 Å². The summed E-state index contributed by atoms with van der Waals surface area (Å²) in [5.41, 5.74) is 0.781. The third-order valence-electron chi connectivity index (χ3n) is 6.14. The number of nitrogens with zero attached hydrogens (tertiary/aromatic N) is 1. The van der Waals surface area contributed by atoms with E-state index in [4.69, 9.17) is 0 Å². The van der Waals surface area contributed by atoms with Crippen molar-refractivity contribution >= 4 is 12.4 Å². The summed E-state index contributed by atoms with van der Waals surface area (Å²) in [7, 11) is 0. The first-order chi connectivity index (χ1) is 9.36. The Morgan fingerprint density at radius 3 is 2.20 bits per heavy atom. The Balaban J connectivity index is 0.00000147. The number of halogens is 1. The van der Waals surface area contributed by atoms with Gasteiger partial charge < -0.3 is 10.2 Å². The van der Waals surface area contributed by atoms with Crippen LogP contribution < -0.4 is 5.32 Å². The molecule has 0 bridgehead atoms. The molecular formula is C17H33ClN2. The zero-order valence-electron chi connectivity index (χ0n) is 13.0. The minimum absolute atomic E-state index is 0. The van der Waals surface area contributed by atoms with Gasteiger partial charge in [-0.05, 0) is 89.0 Å². The van der Waals surface area contributed by atoms with E-state index in [1.165, 1.54) is 96.9 Å². The maximum Gasteiger partial charge on any atom is -0.00134 e. The summed E-state index contributed by atoms with van der Waals surface area (Å²) in [6, 6.07) is 0. The Hall–Kier alpha value is 0.210. The van der Waals surface area contributed by atoms with E-state index >= 15 is 0 Å². The highest BCUT2D eigenvalue weighted by Gasteiger charge is 2.35. The molecule has 1 N–H and O–H groups in total. The van der Waals surface area contributed by atoms with Crippen LogP contribution in [-0.2, 0) is 0 Å². The van der Waals surface area contributed by atoms with Crippen LogP contribution in [-0.4, -0.2) is 37.6 Å². The SMILES string of the molecule is C1CCC2(CC1)CCN(CCC1CCNCC1)CC2.Cl. The average molecular weight is 301 g/mol. The van der Waals surface area contributed by atoms with E-state index in [9.17, 15) is 0 Å². The topological polar surface area (TPSA) is 15.3 Å². The van der Waals surface area contributed by atoms with Crippen molar-refractivity contribution in [3.63, 3.8) is 0 Å². The summed E-state index contributed by atoms with van der Waals surface area (Å²) in [6.07, 6.45) is 14.9. The first-order valence-electron chi connectivity index (χ1n) is 8.79. The van der Waals surface area contributed by atoms with Gasteiger partial charge in [-0.25, -0.2) is 0 Å². The number of nitrogens with one attached hydrogen (secondary N) is 1. The quantitative estimate of drug-likeness (QED) is 0.852. The van der Waals surface area contributed by atoms with Crippen molar-refractivity contribution < 1.29 is 0 Å². The molecule has 0 aromatic carbocycles. The zero-order valence-corrected chi connectivity index (χ0v) is 13.9. The molecular weight excluding hydrogens is 268 g/mol. The molecule has 3 aliphatic rings. The van der Waals surface area contributed by atoms with Gasteiger partial charge in [-0.3, -0.25) is 0 Å². The van der Waals surface area contributed by atoms with Gasteiger partial charge in [-0.15, -0.1) is 12.4 Å². The number of likely N-dealkylation sites (tertiary alicyclic amines) is 1. The number of rotatable bonds is 3. The molecule has 3 fully saturated rings. The first-order valence-corrected chi connectivity index (χ1v) is 8.79. The fourth-order valence-electron chi connectivity index (χ4n) is 4.59. The Morgan fingerprint density at radius 2 is 1.55 bits per heavy atom. The average Bonchev–Trinajstić information content (AvgIpc) is 2.49. The van der Waals surface area contributed by atoms with Crippen molar-refractivity contribution in [1.82, 2.24) is 10.2 Å². The van der Waals surface area contributed by atoms with Crippen LogP contribution in [0.5, 0.6) is 0 Å². The molecule has 0 unspecified atom stereocenters. The van der Waals surface area contributed by atoms with Gasteiger partial charge in [-0.1, -0.05) is 19.3 Å². The van der Waals surface area contributed by atoms with Gasteiger partial charge in [0.25, 0.3) is 0 Å². The smallest absolute Gasteiger partial charge is 0.00134 e. The van der Waals surface area contributed by atoms with Crippen molar-refractivity contribution in [2.24, 2.45) is 11.3 Å². The molecule has 20 heavy (non-hydrogen) atoms. The van der Waals surface area contributed by atoms with E-state index in [2.05, 4.69) is 10.2 Å². The molecule has 0 aromatic heterocycles. The lowest BCUT2D eigenvalue weighted by Gasteiger charge is -2.44. The second-order valence-electron chi connectivity index (χ2n) is 7.38. The normalized spacial score (nSPS) is 28.2. The monoisotopic (exact) mass is 300 g/mol. The predicted octanol–water partition coefficient (Wildman–Crippen LogP) is 3.84. The van der Waals surface area contributed by atoms with Gasteiger partial charge >= 0.3 is 0 Å². The van der Waals surface area contributed by atoms with E-state index < -0.39 is 0 Å². The number of hydrogen-bond acceptors (Lipinski definition) is 2. The molecule has 3 heteroatoms. The largest absolute Gasteiger partial charge is 0.317 e. The maximum absolute atomic E-state index is 3.48. The molecule has 1 saturated carbocycles. The number of piperidine rings is 2. The lowest BCUT2D eigenvalue weighted by Crippen LogP contribution is -2.42. The molecule has 0 radical (unpaired) electrons. The third kappa shape index (κ3) is 4.35. The molecule has 2 heterocycles. The fraction of sp³-hybridized carbons (Fsp3) is 1.00. The van der Waals surface area contributed by atoms with E-state index in [-0.39, 0.29) is 12.4 Å². The van der Waals surface area contributed by atoms with Crippen molar-refractivity contribution in [2.75, 3.05) is 32.7 Å². The molecule has 0 amide bonds. The molecule has 0 atom stereocenters. The first kappa shape index (κ1) is 16.6. The molecule has 0 aromatic rings. The van der Waals surface area contributed by atoms with Gasteiger partial charge in [0, 0.05) is 0 Å². The van der Waals surface area contributed by atoms with Crippen LogP contribution in [0.15, 0.2) is 0 Å². The van der Waals surface area contributed by atoms with E-state index in [1.807, 2.05) is 0 Å². The molecule has 2 aliphatic heterocycles. The van der Waals surface area contributed by atoms with Crippen molar-refractivity contribution in [3.8, 4) is 0 Å². The summed E-state index contributed by atoms with van der Waals surface area (Å²) in [6.45, 7) is 6.68. The molecule has 118 valence electrons. The minimum atomic E-state index is 0. The van der Waals surface area contributed by atoms with Gasteiger partial charge in [0.2, 0.25) is 0 Å². The summed E-state index contributed by atoms with van der Waals surface area (Å²) in [4.78, 5) is 2.77. The van der Waals surface area contributed by atoms with Crippen LogP contribution in [0, 0.1) is 11.3 Å². The highest BCUT2D eigenvalue weighted by Crippen LogP contribution is 2.44. The standard InChI is InChI=1S/C17H32N2.ClH/c1-2-7-17(8-3-1)9-14-19(15-10-17)13-6-16-4-11-18-12-5-16;/h16,18H,1-15H2;1H. The maximum atomic E-state index is 3.48. The van der Waals surface area contributed by atoms with Crippen molar-refractivity contribution in [2.45, 2.75) is 64.2 Å².